The lowest BCUT2D eigenvalue weighted by Gasteiger charge is -2.27. The Hall–Kier alpha value is -2.16. The highest BCUT2D eigenvalue weighted by atomic mass is 16.2. The van der Waals surface area contributed by atoms with E-state index in [1.165, 1.54) is 17.4 Å². The second-order valence-corrected chi connectivity index (χ2v) is 4.73. The highest BCUT2D eigenvalue weighted by Crippen LogP contribution is 2.29. The van der Waals surface area contributed by atoms with Gasteiger partial charge in [0.25, 0.3) is 5.91 Å². The molecule has 0 bridgehead atoms. The Balaban J connectivity index is 2.49. The highest BCUT2D eigenvalue weighted by molar-refractivity contribution is 6.10. The van der Waals surface area contributed by atoms with E-state index in [4.69, 9.17) is 0 Å². The first kappa shape index (κ1) is 13.3. The van der Waals surface area contributed by atoms with E-state index in [0.29, 0.717) is 11.3 Å². The second kappa shape index (κ2) is 5.22. The molecule has 1 aromatic rings. The number of rotatable bonds is 2. The van der Waals surface area contributed by atoms with Gasteiger partial charge in [-0.3, -0.25) is 9.59 Å². The van der Waals surface area contributed by atoms with E-state index in [1.807, 2.05) is 30.3 Å². The zero-order valence-corrected chi connectivity index (χ0v) is 11.3. The zero-order chi connectivity index (χ0) is 14.0. The summed E-state index contributed by atoms with van der Waals surface area (Å²) < 4.78 is 0. The molecule has 0 spiro atoms. The van der Waals surface area contributed by atoms with Crippen LogP contribution >= 0.6 is 0 Å². The standard InChI is InChI=1S/C16H17NO2/c1-11(2)16(19)17(12(3)18)15-10-6-8-13-7-4-5-9-14(13)15/h4-5,7,9-10H,1,6,8H2,2-3H3. The van der Waals surface area contributed by atoms with Gasteiger partial charge in [0.1, 0.15) is 0 Å². The summed E-state index contributed by atoms with van der Waals surface area (Å²) in [6.45, 7) is 6.66. The van der Waals surface area contributed by atoms with Crippen molar-refractivity contribution < 1.29 is 9.59 Å². The molecule has 3 heteroatoms. The molecule has 1 aliphatic carbocycles. The number of benzene rings is 1. The Bertz CT molecular complexity index is 584. The predicted octanol–water partition coefficient (Wildman–Crippen LogP) is 2.92. The van der Waals surface area contributed by atoms with E-state index < -0.39 is 0 Å². The summed E-state index contributed by atoms with van der Waals surface area (Å²) in [5.74, 6) is -0.619. The maximum absolute atomic E-state index is 12.2. The molecule has 0 aliphatic heterocycles. The molecule has 19 heavy (non-hydrogen) atoms. The first-order valence-corrected chi connectivity index (χ1v) is 6.31. The van der Waals surface area contributed by atoms with Crippen LogP contribution in [0.3, 0.4) is 0 Å². The molecule has 0 heterocycles. The van der Waals surface area contributed by atoms with Crippen LogP contribution in [0, 0.1) is 0 Å². The third kappa shape index (κ3) is 2.50. The van der Waals surface area contributed by atoms with Gasteiger partial charge < -0.3 is 0 Å². The monoisotopic (exact) mass is 255 g/mol. The Kier molecular flexibility index (Phi) is 3.65. The summed E-state index contributed by atoms with van der Waals surface area (Å²) in [5, 5.41) is 0. The first-order valence-electron chi connectivity index (χ1n) is 6.31. The van der Waals surface area contributed by atoms with Crippen molar-refractivity contribution in [3.63, 3.8) is 0 Å². The third-order valence-corrected chi connectivity index (χ3v) is 3.17. The smallest absolute Gasteiger partial charge is 0.260 e. The fraction of sp³-hybridized carbons (Fsp3) is 0.250. The summed E-state index contributed by atoms with van der Waals surface area (Å²) in [6, 6.07) is 7.87. The Labute approximate surface area is 113 Å². The molecule has 0 N–H and O–H groups in total. The number of hydrogen-bond donors (Lipinski definition) is 0. The van der Waals surface area contributed by atoms with Gasteiger partial charge in [-0.1, -0.05) is 36.9 Å². The predicted molar refractivity (Wildman–Crippen MR) is 75.1 cm³/mol. The highest BCUT2D eigenvalue weighted by Gasteiger charge is 2.26. The summed E-state index contributed by atoms with van der Waals surface area (Å²) in [6.07, 6.45) is 3.72. The zero-order valence-electron chi connectivity index (χ0n) is 11.3. The lowest BCUT2D eigenvalue weighted by molar-refractivity contribution is -0.136. The molecule has 0 saturated heterocycles. The van der Waals surface area contributed by atoms with Crippen molar-refractivity contribution >= 4 is 17.5 Å². The van der Waals surface area contributed by atoms with Crippen LogP contribution in [0.1, 0.15) is 31.4 Å². The third-order valence-electron chi connectivity index (χ3n) is 3.17. The fourth-order valence-corrected chi connectivity index (χ4v) is 2.29. The Morgan fingerprint density at radius 2 is 1.89 bits per heavy atom. The van der Waals surface area contributed by atoms with Crippen molar-refractivity contribution in [1.29, 1.82) is 0 Å². The summed E-state index contributed by atoms with van der Waals surface area (Å²) in [5.41, 5.74) is 3.17. The van der Waals surface area contributed by atoms with Crippen molar-refractivity contribution in [2.45, 2.75) is 26.7 Å². The van der Waals surface area contributed by atoms with E-state index in [-0.39, 0.29) is 11.8 Å². The molecule has 0 atom stereocenters. The minimum absolute atomic E-state index is 0.282. The maximum atomic E-state index is 12.2. The lowest BCUT2D eigenvalue weighted by atomic mass is 9.93. The fourth-order valence-electron chi connectivity index (χ4n) is 2.29. The van der Waals surface area contributed by atoms with Gasteiger partial charge in [-0.05, 0) is 25.3 Å². The molecule has 0 aromatic heterocycles. The Morgan fingerprint density at radius 1 is 1.21 bits per heavy atom. The second-order valence-electron chi connectivity index (χ2n) is 4.73. The lowest BCUT2D eigenvalue weighted by Crippen LogP contribution is -2.35. The van der Waals surface area contributed by atoms with Crippen molar-refractivity contribution in [2.75, 3.05) is 0 Å². The van der Waals surface area contributed by atoms with Crippen molar-refractivity contribution in [3.05, 3.63) is 53.6 Å². The number of nitrogens with zero attached hydrogens (tertiary/aromatic N) is 1. The van der Waals surface area contributed by atoms with Crippen LogP contribution in [0.15, 0.2) is 42.5 Å². The molecule has 0 unspecified atom stereocenters. The molecule has 0 radical (unpaired) electrons. The summed E-state index contributed by atoms with van der Waals surface area (Å²) in [7, 11) is 0. The summed E-state index contributed by atoms with van der Waals surface area (Å²) in [4.78, 5) is 25.2. The molecular formula is C16H17NO2. The van der Waals surface area contributed by atoms with Crippen LogP contribution in [0.25, 0.3) is 5.70 Å². The van der Waals surface area contributed by atoms with Crippen LogP contribution in [0.4, 0.5) is 0 Å². The molecule has 1 aromatic carbocycles. The molecule has 98 valence electrons. The maximum Gasteiger partial charge on any atom is 0.260 e. The van der Waals surface area contributed by atoms with Gasteiger partial charge in [0, 0.05) is 18.1 Å². The number of imide groups is 1. The molecule has 2 amide bonds. The number of carbonyl (C=O) groups is 2. The number of carbonyl (C=O) groups excluding carboxylic acids is 2. The van der Waals surface area contributed by atoms with Crippen LogP contribution < -0.4 is 0 Å². The topological polar surface area (TPSA) is 37.4 Å². The summed E-state index contributed by atoms with van der Waals surface area (Å²) >= 11 is 0. The van der Waals surface area contributed by atoms with E-state index in [9.17, 15) is 9.59 Å². The van der Waals surface area contributed by atoms with Gasteiger partial charge in [0.15, 0.2) is 0 Å². The van der Waals surface area contributed by atoms with Crippen molar-refractivity contribution in [3.8, 4) is 0 Å². The average Bonchev–Trinajstić information content (AvgIpc) is 2.38. The number of fused-ring (bicyclic) bond motifs is 1. The van der Waals surface area contributed by atoms with Crippen LogP contribution in [0.5, 0.6) is 0 Å². The van der Waals surface area contributed by atoms with Gasteiger partial charge in [0.2, 0.25) is 5.91 Å². The molecule has 0 saturated carbocycles. The van der Waals surface area contributed by atoms with Gasteiger partial charge in [-0.2, -0.15) is 0 Å². The molecule has 2 rings (SSSR count). The van der Waals surface area contributed by atoms with Crippen molar-refractivity contribution in [2.24, 2.45) is 0 Å². The number of amides is 2. The van der Waals surface area contributed by atoms with E-state index in [0.717, 1.165) is 18.4 Å². The molecule has 0 fully saturated rings. The van der Waals surface area contributed by atoms with E-state index in [2.05, 4.69) is 6.58 Å². The Morgan fingerprint density at radius 3 is 2.53 bits per heavy atom. The molecule has 3 nitrogen and oxygen atoms in total. The van der Waals surface area contributed by atoms with Crippen LogP contribution in [-0.2, 0) is 16.0 Å². The normalized spacial score (nSPS) is 13.3. The molecular weight excluding hydrogens is 238 g/mol. The number of aryl methyl sites for hydroxylation is 1. The average molecular weight is 255 g/mol. The van der Waals surface area contributed by atoms with E-state index in [1.54, 1.807) is 6.92 Å². The van der Waals surface area contributed by atoms with Crippen LogP contribution in [-0.4, -0.2) is 16.7 Å². The number of allylic oxidation sites excluding steroid dienone is 1. The van der Waals surface area contributed by atoms with Gasteiger partial charge in [-0.25, -0.2) is 4.90 Å². The largest absolute Gasteiger partial charge is 0.274 e. The first-order chi connectivity index (χ1) is 9.02. The van der Waals surface area contributed by atoms with Crippen LogP contribution in [0.2, 0.25) is 0 Å². The SMILES string of the molecule is C=C(C)C(=O)N(C(C)=O)C1=CCCc2ccccc21. The minimum atomic E-state index is -0.338. The van der Waals surface area contributed by atoms with Gasteiger partial charge >= 0.3 is 0 Å². The number of hydrogen-bond acceptors (Lipinski definition) is 2. The van der Waals surface area contributed by atoms with Gasteiger partial charge in [0.05, 0.1) is 5.70 Å². The quantitative estimate of drug-likeness (QED) is 0.762. The molecule has 1 aliphatic rings. The minimum Gasteiger partial charge on any atom is -0.274 e. The van der Waals surface area contributed by atoms with Crippen molar-refractivity contribution in [1.82, 2.24) is 4.90 Å². The van der Waals surface area contributed by atoms with E-state index >= 15 is 0 Å². The van der Waals surface area contributed by atoms with Gasteiger partial charge in [-0.15, -0.1) is 0 Å².